The molecule has 1 fully saturated rings. The summed E-state index contributed by atoms with van der Waals surface area (Å²) in [5.41, 5.74) is 1.09. The van der Waals surface area contributed by atoms with Crippen molar-refractivity contribution in [3.63, 3.8) is 0 Å². The molecule has 0 radical (unpaired) electrons. The Bertz CT molecular complexity index is 504. The summed E-state index contributed by atoms with van der Waals surface area (Å²) < 4.78 is 27.5. The van der Waals surface area contributed by atoms with Crippen molar-refractivity contribution in [1.29, 1.82) is 0 Å². The van der Waals surface area contributed by atoms with Crippen LogP contribution in [-0.2, 0) is 10.0 Å². The molecule has 0 aliphatic carbocycles. The topological polar surface area (TPSA) is 86.9 Å². The summed E-state index contributed by atoms with van der Waals surface area (Å²) in [7, 11) is -3.49. The number of aromatic nitrogens is 2. The molecule has 18 heavy (non-hydrogen) atoms. The Morgan fingerprint density at radius 1 is 1.39 bits per heavy atom. The normalized spacial score (nSPS) is 25.3. The molecule has 102 valence electrons. The third kappa shape index (κ3) is 2.57. The molecule has 1 aliphatic heterocycles. The van der Waals surface area contributed by atoms with Gasteiger partial charge in [-0.25, -0.2) is 13.1 Å². The largest absolute Gasteiger partial charge is 0.313 e. The number of sulfonamides is 1. The van der Waals surface area contributed by atoms with Gasteiger partial charge in [0.1, 0.15) is 4.90 Å². The molecule has 2 rings (SSSR count). The summed E-state index contributed by atoms with van der Waals surface area (Å²) >= 11 is 0. The summed E-state index contributed by atoms with van der Waals surface area (Å²) in [4.78, 5) is 0.278. The van der Waals surface area contributed by atoms with Crippen LogP contribution in [0.3, 0.4) is 0 Å². The van der Waals surface area contributed by atoms with Gasteiger partial charge in [-0.05, 0) is 40.2 Å². The van der Waals surface area contributed by atoms with Gasteiger partial charge in [-0.3, -0.25) is 5.10 Å². The summed E-state index contributed by atoms with van der Waals surface area (Å²) in [5, 5.41) is 9.92. The van der Waals surface area contributed by atoms with Crippen molar-refractivity contribution in [3.05, 3.63) is 11.4 Å². The Labute approximate surface area is 108 Å². The highest BCUT2D eigenvalue weighted by atomic mass is 32.2. The Kier molecular flexibility index (Phi) is 3.74. The van der Waals surface area contributed by atoms with Gasteiger partial charge in [-0.2, -0.15) is 5.10 Å². The van der Waals surface area contributed by atoms with E-state index in [9.17, 15) is 8.42 Å². The van der Waals surface area contributed by atoms with Crippen LogP contribution in [-0.4, -0.2) is 37.2 Å². The Morgan fingerprint density at radius 3 is 2.67 bits per heavy atom. The first-order valence-electron chi connectivity index (χ1n) is 6.19. The lowest BCUT2D eigenvalue weighted by Gasteiger charge is -2.30. The van der Waals surface area contributed by atoms with E-state index < -0.39 is 10.0 Å². The Balaban J connectivity index is 2.22. The maximum Gasteiger partial charge on any atom is 0.244 e. The SMILES string of the molecule is Cc1n[nH]c(C)c1S(=O)(=O)N[C@@H]1CCCN[C@@H]1C. The molecular weight excluding hydrogens is 252 g/mol. The van der Waals surface area contributed by atoms with Gasteiger partial charge in [-0.1, -0.05) is 0 Å². The van der Waals surface area contributed by atoms with E-state index >= 15 is 0 Å². The van der Waals surface area contributed by atoms with Crippen LogP contribution in [0.15, 0.2) is 4.90 Å². The first kappa shape index (κ1) is 13.5. The molecule has 7 heteroatoms. The standard InChI is InChI=1S/C11H20N4O2S/c1-7-10(5-4-6-12-7)15-18(16,17)11-8(2)13-14-9(11)3/h7,10,12,15H,4-6H2,1-3H3,(H,13,14)/t7-,10-/m1/s1. The minimum Gasteiger partial charge on any atom is -0.313 e. The number of rotatable bonds is 3. The van der Waals surface area contributed by atoms with E-state index in [4.69, 9.17) is 0 Å². The molecule has 1 aromatic heterocycles. The van der Waals surface area contributed by atoms with Gasteiger partial charge in [-0.15, -0.1) is 0 Å². The van der Waals surface area contributed by atoms with Crippen molar-refractivity contribution < 1.29 is 8.42 Å². The number of nitrogens with zero attached hydrogens (tertiary/aromatic N) is 1. The molecule has 6 nitrogen and oxygen atoms in total. The zero-order valence-corrected chi connectivity index (χ0v) is 11.8. The van der Waals surface area contributed by atoms with Crippen LogP contribution in [0, 0.1) is 13.8 Å². The number of aromatic amines is 1. The van der Waals surface area contributed by atoms with Gasteiger partial charge in [0.15, 0.2) is 0 Å². The average molecular weight is 272 g/mol. The molecular formula is C11H20N4O2S. The third-order valence-corrected chi connectivity index (χ3v) is 5.15. The van der Waals surface area contributed by atoms with Crippen molar-refractivity contribution in [2.75, 3.05) is 6.54 Å². The van der Waals surface area contributed by atoms with Crippen molar-refractivity contribution in [3.8, 4) is 0 Å². The molecule has 1 aliphatic rings. The van der Waals surface area contributed by atoms with Crippen molar-refractivity contribution in [1.82, 2.24) is 20.2 Å². The minimum atomic E-state index is -3.49. The molecule has 1 aromatic rings. The maximum absolute atomic E-state index is 12.3. The van der Waals surface area contributed by atoms with Gasteiger partial charge in [0.2, 0.25) is 10.0 Å². The van der Waals surface area contributed by atoms with Crippen LogP contribution in [0.5, 0.6) is 0 Å². The summed E-state index contributed by atoms with van der Waals surface area (Å²) in [5.74, 6) is 0. The van der Waals surface area contributed by atoms with E-state index in [1.165, 1.54) is 0 Å². The lowest BCUT2D eigenvalue weighted by Crippen LogP contribution is -2.51. The summed E-state index contributed by atoms with van der Waals surface area (Å²) in [6.45, 7) is 6.36. The Hall–Kier alpha value is -0.920. The van der Waals surface area contributed by atoms with Crippen LogP contribution >= 0.6 is 0 Å². The Morgan fingerprint density at radius 2 is 2.11 bits per heavy atom. The number of piperidine rings is 1. The fourth-order valence-corrected chi connectivity index (χ4v) is 4.12. The predicted molar refractivity (Wildman–Crippen MR) is 68.9 cm³/mol. The molecule has 0 aromatic carbocycles. The second-order valence-corrected chi connectivity index (χ2v) is 6.53. The molecule has 0 spiro atoms. The van der Waals surface area contributed by atoms with Crippen LogP contribution in [0.2, 0.25) is 0 Å². The lowest BCUT2D eigenvalue weighted by atomic mass is 10.0. The van der Waals surface area contributed by atoms with E-state index in [-0.39, 0.29) is 17.0 Å². The van der Waals surface area contributed by atoms with E-state index in [2.05, 4.69) is 20.2 Å². The number of H-pyrrole nitrogens is 1. The zero-order valence-electron chi connectivity index (χ0n) is 10.9. The smallest absolute Gasteiger partial charge is 0.244 e. The maximum atomic E-state index is 12.3. The highest BCUT2D eigenvalue weighted by Gasteiger charge is 2.29. The first-order valence-corrected chi connectivity index (χ1v) is 7.67. The number of hydrogen-bond donors (Lipinski definition) is 3. The highest BCUT2D eigenvalue weighted by Crippen LogP contribution is 2.19. The molecule has 3 N–H and O–H groups in total. The quantitative estimate of drug-likeness (QED) is 0.745. The van der Waals surface area contributed by atoms with Gasteiger partial charge < -0.3 is 5.32 Å². The molecule has 1 saturated heterocycles. The molecule has 0 bridgehead atoms. The second kappa shape index (κ2) is 4.99. The van der Waals surface area contributed by atoms with E-state index in [0.29, 0.717) is 11.4 Å². The average Bonchev–Trinajstić information content (AvgIpc) is 2.62. The van der Waals surface area contributed by atoms with Crippen molar-refractivity contribution in [2.45, 2.75) is 50.6 Å². The fourth-order valence-electron chi connectivity index (χ4n) is 2.40. The molecule has 0 saturated carbocycles. The van der Waals surface area contributed by atoms with E-state index in [1.807, 2.05) is 6.92 Å². The second-order valence-electron chi connectivity index (χ2n) is 4.88. The van der Waals surface area contributed by atoms with Gasteiger partial charge >= 0.3 is 0 Å². The van der Waals surface area contributed by atoms with Crippen molar-refractivity contribution in [2.24, 2.45) is 0 Å². The predicted octanol–water partition coefficient (Wildman–Crippen LogP) is 0.445. The van der Waals surface area contributed by atoms with Crippen LogP contribution in [0.4, 0.5) is 0 Å². The highest BCUT2D eigenvalue weighted by molar-refractivity contribution is 7.89. The van der Waals surface area contributed by atoms with E-state index in [0.717, 1.165) is 19.4 Å². The first-order chi connectivity index (χ1) is 8.42. The van der Waals surface area contributed by atoms with E-state index in [1.54, 1.807) is 13.8 Å². The molecule has 2 atom stereocenters. The van der Waals surface area contributed by atoms with Crippen LogP contribution < -0.4 is 10.0 Å². The number of nitrogens with one attached hydrogen (secondary N) is 3. The molecule has 2 heterocycles. The molecule has 0 unspecified atom stereocenters. The third-order valence-electron chi connectivity index (χ3n) is 3.40. The lowest BCUT2D eigenvalue weighted by molar-refractivity contribution is 0.348. The number of aryl methyl sites for hydroxylation is 2. The fraction of sp³-hybridized carbons (Fsp3) is 0.727. The minimum absolute atomic E-state index is 0.0579. The van der Waals surface area contributed by atoms with Crippen molar-refractivity contribution >= 4 is 10.0 Å². The summed E-state index contributed by atoms with van der Waals surface area (Å²) in [6, 6.07) is 0.0958. The van der Waals surface area contributed by atoms with Gasteiger partial charge in [0.05, 0.1) is 11.4 Å². The molecule has 0 amide bonds. The number of hydrogen-bond acceptors (Lipinski definition) is 4. The van der Waals surface area contributed by atoms with Gasteiger partial charge in [0.25, 0.3) is 0 Å². The summed E-state index contributed by atoms with van der Waals surface area (Å²) in [6.07, 6.45) is 1.85. The zero-order chi connectivity index (χ0) is 13.3. The monoisotopic (exact) mass is 272 g/mol. The van der Waals surface area contributed by atoms with Crippen LogP contribution in [0.1, 0.15) is 31.2 Å². The van der Waals surface area contributed by atoms with Gasteiger partial charge in [0, 0.05) is 12.1 Å². The van der Waals surface area contributed by atoms with Crippen LogP contribution in [0.25, 0.3) is 0 Å².